The molecule has 0 aliphatic carbocycles. The minimum absolute atomic E-state index is 0.127. The third-order valence-corrected chi connectivity index (χ3v) is 3.51. The van der Waals surface area contributed by atoms with Crippen molar-refractivity contribution in [1.29, 1.82) is 0 Å². The van der Waals surface area contributed by atoms with Crippen LogP contribution in [-0.2, 0) is 0 Å². The monoisotopic (exact) mass is 303 g/mol. The Bertz CT molecular complexity index is 502. The van der Waals surface area contributed by atoms with Crippen molar-refractivity contribution in [1.82, 2.24) is 10.2 Å². The van der Waals surface area contributed by atoms with Gasteiger partial charge >= 0.3 is 6.18 Å². The third-order valence-electron chi connectivity index (χ3n) is 3.51. The third kappa shape index (κ3) is 4.15. The molecule has 1 heterocycles. The van der Waals surface area contributed by atoms with E-state index < -0.39 is 23.6 Å². The van der Waals surface area contributed by atoms with Gasteiger partial charge in [0.15, 0.2) is 0 Å². The fourth-order valence-corrected chi connectivity index (χ4v) is 2.58. The second kappa shape index (κ2) is 6.40. The molecule has 0 aromatic heterocycles. The predicted molar refractivity (Wildman–Crippen MR) is 71.0 cm³/mol. The number of para-hydroxylation sites is 1. The van der Waals surface area contributed by atoms with Gasteiger partial charge in [0, 0.05) is 37.8 Å². The molecule has 0 radical (unpaired) electrons. The van der Waals surface area contributed by atoms with E-state index in [0.29, 0.717) is 26.2 Å². The van der Waals surface area contributed by atoms with E-state index in [0.717, 1.165) is 0 Å². The average Bonchev–Trinajstić information content (AvgIpc) is 2.45. The molecule has 1 aromatic carbocycles. The minimum Gasteiger partial charge on any atom is -0.314 e. The molecule has 116 valence electrons. The molecule has 1 aromatic rings. The molecule has 5 nitrogen and oxygen atoms in total. The molecule has 2 rings (SSSR count). The van der Waals surface area contributed by atoms with Gasteiger partial charge in [-0.1, -0.05) is 18.2 Å². The first-order chi connectivity index (χ1) is 9.88. The van der Waals surface area contributed by atoms with Gasteiger partial charge in [-0.2, -0.15) is 13.2 Å². The first-order valence-corrected chi connectivity index (χ1v) is 6.63. The van der Waals surface area contributed by atoms with Crippen molar-refractivity contribution in [2.45, 2.75) is 18.6 Å². The van der Waals surface area contributed by atoms with Crippen LogP contribution in [0.15, 0.2) is 24.3 Å². The number of rotatable bonds is 4. The van der Waals surface area contributed by atoms with E-state index in [9.17, 15) is 23.3 Å². The molecule has 1 aliphatic rings. The van der Waals surface area contributed by atoms with Gasteiger partial charge in [-0.05, 0) is 0 Å². The number of piperazine rings is 1. The highest BCUT2D eigenvalue weighted by atomic mass is 19.4. The maximum atomic E-state index is 12.9. The Hall–Kier alpha value is -1.67. The van der Waals surface area contributed by atoms with Crippen molar-refractivity contribution in [3.05, 3.63) is 39.9 Å². The topological polar surface area (TPSA) is 58.4 Å². The summed E-state index contributed by atoms with van der Waals surface area (Å²) in [7, 11) is 0. The summed E-state index contributed by atoms with van der Waals surface area (Å²) in [5.41, 5.74) is -0.132. The molecule has 0 bridgehead atoms. The summed E-state index contributed by atoms with van der Waals surface area (Å²) in [5, 5.41) is 14.1. The van der Waals surface area contributed by atoms with Crippen LogP contribution in [0.2, 0.25) is 0 Å². The normalized spacial score (nSPS) is 18.4. The Balaban J connectivity index is 2.36. The average molecular weight is 303 g/mol. The number of nitro benzene ring substituents is 1. The van der Waals surface area contributed by atoms with Gasteiger partial charge in [0.1, 0.15) is 0 Å². The molecule has 8 heteroatoms. The van der Waals surface area contributed by atoms with Crippen LogP contribution in [0, 0.1) is 10.1 Å². The number of hydrogen-bond donors (Lipinski definition) is 1. The highest BCUT2D eigenvalue weighted by Gasteiger charge is 2.38. The SMILES string of the molecule is O=[N+]([O-])c1ccccc1[C@H](CC(F)(F)F)N1CCNCC1. The van der Waals surface area contributed by atoms with E-state index in [4.69, 9.17) is 0 Å². The Kier molecular flexibility index (Phi) is 4.79. The zero-order chi connectivity index (χ0) is 15.5. The number of halogens is 3. The lowest BCUT2D eigenvalue weighted by atomic mass is 9.99. The Morgan fingerprint density at radius 1 is 1.29 bits per heavy atom. The van der Waals surface area contributed by atoms with E-state index in [2.05, 4.69) is 5.32 Å². The summed E-state index contributed by atoms with van der Waals surface area (Å²) in [6.45, 7) is 2.03. The summed E-state index contributed by atoms with van der Waals surface area (Å²) in [6, 6.07) is 4.64. The zero-order valence-corrected chi connectivity index (χ0v) is 11.3. The lowest BCUT2D eigenvalue weighted by Gasteiger charge is -2.35. The molecule has 1 atom stereocenters. The lowest BCUT2D eigenvalue weighted by molar-refractivity contribution is -0.386. The summed E-state index contributed by atoms with van der Waals surface area (Å²) >= 11 is 0. The van der Waals surface area contributed by atoms with Crippen LogP contribution in [0.5, 0.6) is 0 Å². The van der Waals surface area contributed by atoms with E-state index in [1.807, 2.05) is 0 Å². The summed E-state index contributed by atoms with van der Waals surface area (Å²) < 4.78 is 38.6. The van der Waals surface area contributed by atoms with Crippen molar-refractivity contribution in [3.8, 4) is 0 Å². The van der Waals surface area contributed by atoms with E-state index >= 15 is 0 Å². The molecule has 0 amide bonds. The quantitative estimate of drug-likeness (QED) is 0.686. The zero-order valence-electron chi connectivity index (χ0n) is 11.3. The number of nitrogens with zero attached hydrogens (tertiary/aromatic N) is 2. The Labute approximate surface area is 119 Å². The summed E-state index contributed by atoms with van der Waals surface area (Å²) in [5.74, 6) is 0. The summed E-state index contributed by atoms with van der Waals surface area (Å²) in [6.07, 6.45) is -5.46. The van der Waals surface area contributed by atoms with Gasteiger partial charge in [-0.3, -0.25) is 15.0 Å². The fraction of sp³-hybridized carbons (Fsp3) is 0.538. The van der Waals surface area contributed by atoms with Crippen LogP contribution in [0.25, 0.3) is 0 Å². The predicted octanol–water partition coefficient (Wildman–Crippen LogP) is 2.49. The van der Waals surface area contributed by atoms with Crippen LogP contribution in [-0.4, -0.2) is 42.2 Å². The van der Waals surface area contributed by atoms with Crippen LogP contribution in [0.4, 0.5) is 18.9 Å². The molecule has 0 spiro atoms. The number of benzene rings is 1. The van der Waals surface area contributed by atoms with Crippen molar-refractivity contribution in [3.63, 3.8) is 0 Å². The van der Waals surface area contributed by atoms with E-state index in [1.165, 1.54) is 24.3 Å². The maximum Gasteiger partial charge on any atom is 0.390 e. The first-order valence-electron chi connectivity index (χ1n) is 6.63. The van der Waals surface area contributed by atoms with Crippen LogP contribution < -0.4 is 5.32 Å². The number of nitrogens with one attached hydrogen (secondary N) is 1. The van der Waals surface area contributed by atoms with E-state index in [-0.39, 0.29) is 11.3 Å². The largest absolute Gasteiger partial charge is 0.390 e. The maximum absolute atomic E-state index is 12.9. The first kappa shape index (κ1) is 15.7. The molecule has 0 saturated carbocycles. The fourth-order valence-electron chi connectivity index (χ4n) is 2.58. The Morgan fingerprint density at radius 3 is 2.48 bits per heavy atom. The second-order valence-corrected chi connectivity index (χ2v) is 4.94. The van der Waals surface area contributed by atoms with Crippen LogP contribution >= 0.6 is 0 Å². The molecule has 1 fully saturated rings. The van der Waals surface area contributed by atoms with Crippen molar-refractivity contribution < 1.29 is 18.1 Å². The minimum atomic E-state index is -4.38. The number of nitro groups is 1. The van der Waals surface area contributed by atoms with E-state index in [1.54, 1.807) is 4.90 Å². The molecular weight excluding hydrogens is 287 g/mol. The van der Waals surface area contributed by atoms with Crippen molar-refractivity contribution in [2.75, 3.05) is 26.2 Å². The van der Waals surface area contributed by atoms with Gasteiger partial charge in [0.25, 0.3) is 5.69 Å². The van der Waals surface area contributed by atoms with Crippen LogP contribution in [0.1, 0.15) is 18.0 Å². The molecule has 1 N–H and O–H groups in total. The smallest absolute Gasteiger partial charge is 0.314 e. The number of alkyl halides is 3. The number of hydrogen-bond acceptors (Lipinski definition) is 4. The Morgan fingerprint density at radius 2 is 1.90 bits per heavy atom. The molecular formula is C13H16F3N3O2. The highest BCUT2D eigenvalue weighted by molar-refractivity contribution is 5.42. The van der Waals surface area contributed by atoms with Gasteiger partial charge in [-0.15, -0.1) is 0 Å². The second-order valence-electron chi connectivity index (χ2n) is 4.94. The van der Waals surface area contributed by atoms with Crippen molar-refractivity contribution >= 4 is 5.69 Å². The highest BCUT2D eigenvalue weighted by Crippen LogP contribution is 2.37. The van der Waals surface area contributed by atoms with Gasteiger partial charge < -0.3 is 5.32 Å². The summed E-state index contributed by atoms with van der Waals surface area (Å²) in [4.78, 5) is 12.1. The van der Waals surface area contributed by atoms with Crippen molar-refractivity contribution in [2.24, 2.45) is 0 Å². The molecule has 1 saturated heterocycles. The van der Waals surface area contributed by atoms with Crippen LogP contribution in [0.3, 0.4) is 0 Å². The van der Waals surface area contributed by atoms with Gasteiger partial charge in [0.2, 0.25) is 0 Å². The molecule has 1 aliphatic heterocycles. The lowest BCUT2D eigenvalue weighted by Crippen LogP contribution is -2.46. The van der Waals surface area contributed by atoms with Gasteiger partial charge in [-0.25, -0.2) is 0 Å². The standard InChI is InChI=1S/C13H16F3N3O2/c14-13(15,16)9-12(18-7-5-17-6-8-18)10-3-1-2-4-11(10)19(20)21/h1-4,12,17H,5-9H2/t12-/m0/s1. The van der Waals surface area contributed by atoms with Gasteiger partial charge in [0.05, 0.1) is 17.4 Å². The molecule has 21 heavy (non-hydrogen) atoms. The molecule has 0 unspecified atom stereocenters.